The largest absolute Gasteiger partial charge is 0.350 e. The van der Waals surface area contributed by atoms with Crippen molar-refractivity contribution in [2.24, 2.45) is 10.9 Å². The van der Waals surface area contributed by atoms with E-state index in [1.165, 1.54) is 12.1 Å². The summed E-state index contributed by atoms with van der Waals surface area (Å²) < 4.78 is 28.9. The van der Waals surface area contributed by atoms with E-state index in [9.17, 15) is 14.0 Å². The highest BCUT2D eigenvalue weighted by Gasteiger charge is 2.48. The van der Waals surface area contributed by atoms with Gasteiger partial charge in [0.1, 0.15) is 17.5 Å². The molecule has 2 heterocycles. The normalized spacial score (nSPS) is 31.0. The first kappa shape index (κ1) is 27.5. The van der Waals surface area contributed by atoms with Crippen LogP contribution in [0.1, 0.15) is 38.7 Å². The Hall–Kier alpha value is -2.52. The third-order valence-electron chi connectivity index (χ3n) is 8.11. The van der Waals surface area contributed by atoms with Crippen LogP contribution in [0.15, 0.2) is 47.5 Å². The second kappa shape index (κ2) is 11.5. The highest BCUT2D eigenvalue weighted by Crippen LogP contribution is 2.49. The molecule has 0 aromatic heterocycles. The minimum absolute atomic E-state index is 0.00176. The lowest BCUT2D eigenvalue weighted by Gasteiger charge is -2.52. The number of hydrogen-bond donors (Lipinski definition) is 0. The molecule has 4 unspecified atom stereocenters. The molecule has 2 saturated heterocycles. The highest BCUT2D eigenvalue weighted by atomic mass is 32.2. The van der Waals surface area contributed by atoms with E-state index in [-0.39, 0.29) is 41.1 Å². The smallest absolute Gasteiger partial charge is 0.246 e. The Morgan fingerprint density at radius 1 is 1.24 bits per heavy atom. The van der Waals surface area contributed by atoms with Crippen molar-refractivity contribution in [3.63, 3.8) is 0 Å². The van der Waals surface area contributed by atoms with E-state index in [0.29, 0.717) is 37.4 Å². The Kier molecular flexibility index (Phi) is 8.53. The van der Waals surface area contributed by atoms with Crippen molar-refractivity contribution < 1.29 is 18.4 Å². The van der Waals surface area contributed by atoms with Gasteiger partial charge in [-0.3, -0.25) is 14.5 Å². The topological polar surface area (TPSA) is 56.2 Å². The molecule has 2 amide bonds. The summed E-state index contributed by atoms with van der Waals surface area (Å²) in [5, 5.41) is 0.00176. The summed E-state index contributed by atoms with van der Waals surface area (Å²) in [6.45, 7) is 11.4. The fourth-order valence-electron chi connectivity index (χ4n) is 6.06. The van der Waals surface area contributed by atoms with Gasteiger partial charge < -0.3 is 9.80 Å². The number of halogens is 2. The zero-order chi connectivity index (χ0) is 26.9. The molecule has 0 spiro atoms. The van der Waals surface area contributed by atoms with Crippen molar-refractivity contribution in [3.8, 4) is 0 Å². The van der Waals surface area contributed by atoms with Gasteiger partial charge in [0, 0.05) is 60.3 Å². The highest BCUT2D eigenvalue weighted by molar-refractivity contribution is 8.00. The summed E-state index contributed by atoms with van der Waals surface area (Å²) in [5.41, 5.74) is 1.51. The standard InChI is InChI=1S/C28H36F2N4O2S/c1-6-19-12-22(28(31-16-35)34-11-10-33(14-17(34)3)24(36)7-2)26-27(37-15-18(4)32(26)5)25(19)21-9-8-20(29)13-23(21)30/h7-9,12-13,16-19,25-27H,2,6,10-11,14-15H2,1,3-5H3/t17-,18+,19?,25?,26?,27?/m0/s1. The van der Waals surface area contributed by atoms with Crippen LogP contribution >= 0.6 is 11.8 Å². The molecule has 6 nitrogen and oxygen atoms in total. The number of piperazine rings is 1. The monoisotopic (exact) mass is 530 g/mol. The van der Waals surface area contributed by atoms with E-state index in [1.54, 1.807) is 11.0 Å². The summed E-state index contributed by atoms with van der Waals surface area (Å²) in [6, 6.07) is 4.01. The molecular formula is C28H36F2N4O2S. The summed E-state index contributed by atoms with van der Waals surface area (Å²) >= 11 is 1.82. The van der Waals surface area contributed by atoms with Crippen molar-refractivity contribution in [1.29, 1.82) is 0 Å². The molecule has 1 aromatic rings. The van der Waals surface area contributed by atoms with E-state index in [1.807, 2.05) is 18.7 Å². The van der Waals surface area contributed by atoms with Crippen molar-refractivity contribution in [3.05, 3.63) is 59.7 Å². The van der Waals surface area contributed by atoms with Gasteiger partial charge in [-0.15, -0.1) is 0 Å². The van der Waals surface area contributed by atoms with Crippen LogP contribution in [0.5, 0.6) is 0 Å². The number of carbonyl (C=O) groups excluding carboxylic acids is 2. The average molecular weight is 531 g/mol. The van der Waals surface area contributed by atoms with Crippen LogP contribution in [0.2, 0.25) is 0 Å². The lowest BCUT2D eigenvalue weighted by molar-refractivity contribution is -0.128. The predicted molar refractivity (Wildman–Crippen MR) is 145 cm³/mol. The Morgan fingerprint density at radius 3 is 2.62 bits per heavy atom. The number of rotatable bonds is 5. The number of fused-ring (bicyclic) bond motifs is 1. The molecule has 0 N–H and O–H groups in total. The molecule has 6 atom stereocenters. The Balaban J connectivity index is 1.79. The van der Waals surface area contributed by atoms with E-state index in [2.05, 4.69) is 48.3 Å². The van der Waals surface area contributed by atoms with Crippen LogP contribution < -0.4 is 0 Å². The second-order valence-electron chi connectivity index (χ2n) is 10.2. The predicted octanol–water partition coefficient (Wildman–Crippen LogP) is 4.09. The SMILES string of the molecule is C=CC(=O)N1CCN(C(=NC=O)C2=CC(CC)C(c3ccc(F)cc3F)C3SC[C@@H](C)N(C)C23)[C@@H](C)C1. The summed E-state index contributed by atoms with van der Waals surface area (Å²) in [4.78, 5) is 34.6. The Bertz CT molecular complexity index is 1110. The van der Waals surface area contributed by atoms with Crippen molar-refractivity contribution in [1.82, 2.24) is 14.7 Å². The van der Waals surface area contributed by atoms with Gasteiger partial charge in [-0.1, -0.05) is 25.6 Å². The molecule has 2 aliphatic heterocycles. The molecule has 1 aliphatic carbocycles. The van der Waals surface area contributed by atoms with E-state index in [0.717, 1.165) is 23.8 Å². The number of carbonyl (C=O) groups is 2. The molecule has 0 bridgehead atoms. The van der Waals surface area contributed by atoms with Crippen LogP contribution in [-0.2, 0) is 9.59 Å². The van der Waals surface area contributed by atoms with Crippen LogP contribution in [0, 0.1) is 17.6 Å². The molecule has 3 aliphatic rings. The van der Waals surface area contributed by atoms with Gasteiger partial charge >= 0.3 is 0 Å². The number of likely N-dealkylation sites (N-methyl/N-ethyl adjacent to an activating group) is 1. The quantitative estimate of drug-likeness (QED) is 0.248. The first-order chi connectivity index (χ1) is 17.7. The third kappa shape index (κ3) is 5.25. The van der Waals surface area contributed by atoms with Gasteiger partial charge in [0.25, 0.3) is 0 Å². The number of hydrogen-bond acceptors (Lipinski definition) is 4. The van der Waals surface area contributed by atoms with Gasteiger partial charge in [-0.25, -0.2) is 8.78 Å². The first-order valence-electron chi connectivity index (χ1n) is 12.9. The van der Waals surface area contributed by atoms with Crippen molar-refractivity contribution >= 4 is 29.9 Å². The van der Waals surface area contributed by atoms with Crippen LogP contribution in [0.3, 0.4) is 0 Å². The maximum Gasteiger partial charge on any atom is 0.246 e. The summed E-state index contributed by atoms with van der Waals surface area (Å²) in [7, 11) is 2.07. The van der Waals surface area contributed by atoms with Gasteiger partial charge in [-0.05, 0) is 50.9 Å². The fourth-order valence-corrected chi connectivity index (χ4v) is 7.87. The number of amidine groups is 1. The second-order valence-corrected chi connectivity index (χ2v) is 11.4. The zero-order valence-electron chi connectivity index (χ0n) is 21.9. The van der Waals surface area contributed by atoms with Gasteiger partial charge in [0.15, 0.2) is 0 Å². The molecule has 9 heteroatoms. The van der Waals surface area contributed by atoms with Gasteiger partial charge in [0.05, 0.1) is 6.04 Å². The lowest BCUT2D eigenvalue weighted by Crippen LogP contribution is -2.60. The minimum atomic E-state index is -0.580. The Morgan fingerprint density at radius 2 is 2.00 bits per heavy atom. The van der Waals surface area contributed by atoms with Crippen molar-refractivity contribution in [2.45, 2.75) is 56.5 Å². The molecule has 200 valence electrons. The number of aliphatic imine (C=N–C) groups is 1. The number of thioether (sulfide) groups is 1. The Labute approximate surface area is 222 Å². The van der Waals surface area contributed by atoms with Gasteiger partial charge in [0.2, 0.25) is 12.3 Å². The van der Waals surface area contributed by atoms with Crippen molar-refractivity contribution in [2.75, 3.05) is 32.4 Å². The summed E-state index contributed by atoms with van der Waals surface area (Å²) in [5.74, 6) is 0.158. The van der Waals surface area contributed by atoms with E-state index in [4.69, 9.17) is 0 Å². The van der Waals surface area contributed by atoms with E-state index < -0.39 is 11.6 Å². The first-order valence-corrected chi connectivity index (χ1v) is 14.0. The molecule has 1 aromatic carbocycles. The number of nitrogens with zero attached hydrogens (tertiary/aromatic N) is 4. The maximum atomic E-state index is 15.1. The fraction of sp³-hybridized carbons (Fsp3) is 0.536. The van der Waals surface area contributed by atoms with Crippen LogP contribution in [0.4, 0.5) is 8.78 Å². The van der Waals surface area contributed by atoms with Crippen LogP contribution in [0.25, 0.3) is 0 Å². The molecular weight excluding hydrogens is 494 g/mol. The molecule has 4 rings (SSSR count). The van der Waals surface area contributed by atoms with E-state index >= 15 is 4.39 Å². The zero-order valence-corrected chi connectivity index (χ0v) is 22.8. The maximum absolute atomic E-state index is 15.1. The van der Waals surface area contributed by atoms with Crippen LogP contribution in [-0.4, -0.2) is 88.7 Å². The third-order valence-corrected chi connectivity index (χ3v) is 9.73. The average Bonchev–Trinajstić information content (AvgIpc) is 2.88. The lowest BCUT2D eigenvalue weighted by atomic mass is 9.71. The molecule has 0 radical (unpaired) electrons. The minimum Gasteiger partial charge on any atom is -0.350 e. The molecule has 0 saturated carbocycles. The molecule has 2 fully saturated rings. The molecule has 37 heavy (non-hydrogen) atoms. The number of benzene rings is 1. The summed E-state index contributed by atoms with van der Waals surface area (Å²) in [6.07, 6.45) is 4.85. The van der Waals surface area contributed by atoms with Gasteiger partial charge in [-0.2, -0.15) is 16.8 Å². The number of amides is 2. The number of allylic oxidation sites excluding steroid dienone is 1.